The molecule has 0 aromatic carbocycles. The molecule has 0 spiro atoms. The summed E-state index contributed by atoms with van der Waals surface area (Å²) >= 11 is 0. The molecule has 1 amide bonds. The molecular weight excluding hydrogens is 326 g/mol. The van der Waals surface area contributed by atoms with Crippen LogP contribution in [0.25, 0.3) is 0 Å². The molecule has 120 valence electrons. The third-order valence-electron chi connectivity index (χ3n) is 4.22. The van der Waals surface area contributed by atoms with Crippen molar-refractivity contribution in [3.63, 3.8) is 0 Å². The molecule has 0 N–H and O–H groups in total. The van der Waals surface area contributed by atoms with Crippen molar-refractivity contribution in [3.05, 3.63) is 18.3 Å². The summed E-state index contributed by atoms with van der Waals surface area (Å²) in [5.41, 5.74) is 1.04. The Morgan fingerprint density at radius 3 is 2.45 bits per heavy atom. The van der Waals surface area contributed by atoms with E-state index in [1.807, 2.05) is 6.07 Å². The number of rotatable bonds is 3. The summed E-state index contributed by atoms with van der Waals surface area (Å²) in [4.78, 5) is 20.0. The first-order valence-electron chi connectivity index (χ1n) is 7.40. The van der Waals surface area contributed by atoms with Crippen molar-refractivity contribution in [2.75, 3.05) is 29.4 Å². The highest BCUT2D eigenvalue weighted by Crippen LogP contribution is 2.27. The Balaban J connectivity index is 1.74. The van der Waals surface area contributed by atoms with Gasteiger partial charge in [0.2, 0.25) is 15.0 Å². The normalized spacial score (nSPS) is 23.1. The number of hydrogen-bond acceptors (Lipinski definition) is 5. The first-order valence-corrected chi connectivity index (χ1v) is 9.77. The van der Waals surface area contributed by atoms with Crippen molar-refractivity contribution in [1.82, 2.24) is 4.98 Å². The van der Waals surface area contributed by atoms with E-state index < -0.39 is 14.3 Å². The van der Waals surface area contributed by atoms with Gasteiger partial charge in [-0.15, -0.1) is 0 Å². The first kappa shape index (κ1) is 15.6. The first-order chi connectivity index (χ1) is 10.4. The molecule has 2 fully saturated rings. The maximum atomic E-state index is 12.0. The largest absolute Gasteiger partial charge is 0.370 e. The van der Waals surface area contributed by atoms with Crippen molar-refractivity contribution in [2.45, 2.75) is 30.9 Å². The van der Waals surface area contributed by atoms with Crippen LogP contribution < -0.4 is 9.80 Å². The minimum atomic E-state index is -3.73. The van der Waals surface area contributed by atoms with E-state index in [1.54, 1.807) is 12.3 Å². The molecule has 1 aromatic heterocycles. The molecule has 3 rings (SSSR count). The highest BCUT2D eigenvalue weighted by atomic mass is 35.7. The second kappa shape index (κ2) is 6.04. The lowest BCUT2D eigenvalue weighted by Gasteiger charge is -2.28. The molecular formula is C14H18ClN3O3S. The molecule has 0 bridgehead atoms. The molecule has 1 unspecified atom stereocenters. The molecule has 8 heteroatoms. The molecule has 1 atom stereocenters. The molecule has 2 aliphatic heterocycles. The Kier molecular flexibility index (Phi) is 4.27. The topological polar surface area (TPSA) is 70.6 Å². The summed E-state index contributed by atoms with van der Waals surface area (Å²) in [6.45, 7) is 2.12. The number of amides is 1. The van der Waals surface area contributed by atoms with Gasteiger partial charge in [-0.2, -0.15) is 0 Å². The number of halogens is 1. The lowest BCUT2D eigenvalue weighted by Crippen LogP contribution is -2.30. The molecule has 22 heavy (non-hydrogen) atoms. The van der Waals surface area contributed by atoms with Crippen molar-refractivity contribution in [2.24, 2.45) is 0 Å². The minimum absolute atomic E-state index is 0.0702. The van der Waals surface area contributed by atoms with E-state index in [9.17, 15) is 13.2 Å². The van der Waals surface area contributed by atoms with Crippen molar-refractivity contribution in [3.8, 4) is 0 Å². The smallest absolute Gasteiger partial charge is 0.237 e. The zero-order valence-corrected chi connectivity index (χ0v) is 13.7. The van der Waals surface area contributed by atoms with Gasteiger partial charge in [-0.3, -0.25) is 9.69 Å². The lowest BCUT2D eigenvalue weighted by atomic mass is 10.1. The predicted octanol–water partition coefficient (Wildman–Crippen LogP) is 1.75. The van der Waals surface area contributed by atoms with E-state index >= 15 is 0 Å². The van der Waals surface area contributed by atoms with E-state index in [0.717, 1.165) is 18.8 Å². The Morgan fingerprint density at radius 2 is 1.91 bits per heavy atom. The maximum Gasteiger partial charge on any atom is 0.237 e. The van der Waals surface area contributed by atoms with Gasteiger partial charge in [0.15, 0.2) is 0 Å². The van der Waals surface area contributed by atoms with Crippen LogP contribution in [0.4, 0.5) is 11.5 Å². The van der Waals surface area contributed by atoms with E-state index in [4.69, 9.17) is 10.7 Å². The molecule has 1 aromatic rings. The van der Waals surface area contributed by atoms with Crippen molar-refractivity contribution >= 4 is 37.1 Å². The molecule has 0 radical (unpaired) electrons. The fourth-order valence-corrected chi connectivity index (χ4v) is 3.99. The molecule has 2 saturated heterocycles. The van der Waals surface area contributed by atoms with Crippen molar-refractivity contribution < 1.29 is 13.2 Å². The quantitative estimate of drug-likeness (QED) is 0.782. The third kappa shape index (κ3) is 3.20. The number of nitrogens with zero attached hydrogens (tertiary/aromatic N) is 3. The summed E-state index contributed by atoms with van der Waals surface area (Å²) in [5, 5.41) is -0.856. The number of aromatic nitrogens is 1. The van der Waals surface area contributed by atoms with Crippen LogP contribution >= 0.6 is 10.7 Å². The van der Waals surface area contributed by atoms with E-state index in [2.05, 4.69) is 9.88 Å². The van der Waals surface area contributed by atoms with Crippen LogP contribution in [-0.2, 0) is 13.8 Å². The Labute approximate surface area is 134 Å². The summed E-state index contributed by atoms with van der Waals surface area (Å²) in [6.07, 6.45) is 5.29. The number of piperidine rings is 1. The van der Waals surface area contributed by atoms with Gasteiger partial charge in [0.05, 0.1) is 11.9 Å². The average molecular weight is 344 g/mol. The standard InChI is InChI=1S/C14H18ClN3O3S/c15-22(20,21)12-8-14(19)18(10-12)13-5-4-11(9-16-13)17-6-2-1-3-7-17/h4-5,9,12H,1-3,6-8,10H2. The fourth-order valence-electron chi connectivity index (χ4n) is 2.96. The van der Waals surface area contributed by atoms with Crippen LogP contribution in [0.3, 0.4) is 0 Å². The van der Waals surface area contributed by atoms with Crippen LogP contribution in [0.15, 0.2) is 18.3 Å². The van der Waals surface area contributed by atoms with Crippen LogP contribution in [0.2, 0.25) is 0 Å². The average Bonchev–Trinajstić information content (AvgIpc) is 2.90. The van der Waals surface area contributed by atoms with Crippen LogP contribution in [0.5, 0.6) is 0 Å². The van der Waals surface area contributed by atoms with Gasteiger partial charge < -0.3 is 4.90 Å². The van der Waals surface area contributed by atoms with Crippen molar-refractivity contribution in [1.29, 1.82) is 0 Å². The fraction of sp³-hybridized carbons (Fsp3) is 0.571. The monoisotopic (exact) mass is 343 g/mol. The Bertz CT molecular complexity index is 656. The molecule has 3 heterocycles. The van der Waals surface area contributed by atoms with Gasteiger partial charge in [0.25, 0.3) is 0 Å². The Morgan fingerprint density at radius 1 is 1.18 bits per heavy atom. The summed E-state index contributed by atoms with van der Waals surface area (Å²) in [7, 11) is 1.62. The molecule has 0 saturated carbocycles. The summed E-state index contributed by atoms with van der Waals surface area (Å²) < 4.78 is 22.8. The second-order valence-corrected chi connectivity index (χ2v) is 8.64. The summed E-state index contributed by atoms with van der Waals surface area (Å²) in [6, 6.07) is 3.70. The van der Waals surface area contributed by atoms with Gasteiger partial charge >= 0.3 is 0 Å². The number of carbonyl (C=O) groups is 1. The van der Waals surface area contributed by atoms with Gasteiger partial charge in [0.1, 0.15) is 11.1 Å². The van der Waals surface area contributed by atoms with Crippen LogP contribution in [-0.4, -0.2) is 44.2 Å². The number of carbonyl (C=O) groups excluding carboxylic acids is 1. The highest BCUT2D eigenvalue weighted by Gasteiger charge is 2.38. The maximum absolute atomic E-state index is 12.0. The van der Waals surface area contributed by atoms with Gasteiger partial charge in [-0.1, -0.05) is 0 Å². The molecule has 2 aliphatic rings. The highest BCUT2D eigenvalue weighted by molar-refractivity contribution is 8.14. The SMILES string of the molecule is O=C1CC(S(=O)(=O)Cl)CN1c1ccc(N2CCCCC2)cn1. The van der Waals surface area contributed by atoms with E-state index in [0.29, 0.717) is 5.82 Å². The lowest BCUT2D eigenvalue weighted by molar-refractivity contribution is -0.117. The predicted molar refractivity (Wildman–Crippen MR) is 85.8 cm³/mol. The zero-order chi connectivity index (χ0) is 15.7. The van der Waals surface area contributed by atoms with Crippen LogP contribution in [0.1, 0.15) is 25.7 Å². The molecule has 0 aliphatic carbocycles. The molecule has 6 nitrogen and oxygen atoms in total. The van der Waals surface area contributed by atoms with E-state index in [1.165, 1.54) is 24.2 Å². The van der Waals surface area contributed by atoms with Gasteiger partial charge in [-0.05, 0) is 31.4 Å². The minimum Gasteiger partial charge on any atom is -0.370 e. The van der Waals surface area contributed by atoms with Gasteiger partial charge in [-0.25, -0.2) is 13.4 Å². The number of pyridine rings is 1. The number of anilines is 2. The zero-order valence-electron chi connectivity index (χ0n) is 12.1. The van der Waals surface area contributed by atoms with E-state index in [-0.39, 0.29) is 18.9 Å². The number of hydrogen-bond donors (Lipinski definition) is 0. The third-order valence-corrected chi connectivity index (χ3v) is 6.09. The van der Waals surface area contributed by atoms with Crippen LogP contribution in [0, 0.1) is 0 Å². The Hall–Kier alpha value is -1.34. The summed E-state index contributed by atoms with van der Waals surface area (Å²) in [5.74, 6) is 0.223. The van der Waals surface area contributed by atoms with Gasteiger partial charge in [0, 0.05) is 36.7 Å². The second-order valence-electron chi connectivity index (χ2n) is 5.73.